The van der Waals surface area contributed by atoms with Gasteiger partial charge in [-0.25, -0.2) is 39.9 Å². The summed E-state index contributed by atoms with van der Waals surface area (Å²) < 4.78 is 35.4. The molecule has 21 heterocycles. The topological polar surface area (TPSA) is 289 Å². The number of anilines is 1. The summed E-state index contributed by atoms with van der Waals surface area (Å²) in [6.07, 6.45) is 34.8. The highest BCUT2D eigenvalue weighted by molar-refractivity contribution is 6.33. The second-order valence-electron chi connectivity index (χ2n) is 37.6. The van der Waals surface area contributed by atoms with Gasteiger partial charge in [0.05, 0.1) is 84.7 Å². The maximum atomic E-state index is 13.0. The Kier molecular flexibility index (Phi) is 29.0. The molecular weight excluding hydrogens is 1840 g/mol. The van der Waals surface area contributed by atoms with Crippen molar-refractivity contribution in [2.75, 3.05) is 133 Å². The summed E-state index contributed by atoms with van der Waals surface area (Å²) in [5.74, 6) is 2.57. The Morgan fingerprint density at radius 1 is 0.352 bits per heavy atom. The van der Waals surface area contributed by atoms with Crippen molar-refractivity contribution in [3.8, 4) is 78.9 Å². The normalized spacial score (nSPS) is 14.9. The number of imidazole rings is 3. The highest BCUT2D eigenvalue weighted by Gasteiger charge is 2.25. The molecule has 23 rings (SSSR count). The lowest BCUT2D eigenvalue weighted by Crippen LogP contribution is -2.49. The van der Waals surface area contributed by atoms with E-state index in [-0.39, 0.29) is 27.8 Å². The zero-order chi connectivity index (χ0) is 101. The minimum absolute atomic E-state index is 0.0544. The van der Waals surface area contributed by atoms with Crippen LogP contribution in [0.15, 0.2) is 268 Å². The van der Waals surface area contributed by atoms with Crippen molar-refractivity contribution in [1.29, 1.82) is 0 Å². The van der Waals surface area contributed by atoms with E-state index in [1.54, 1.807) is 80.8 Å². The van der Waals surface area contributed by atoms with Crippen LogP contribution in [0, 0.1) is 27.7 Å². The Morgan fingerprint density at radius 2 is 0.772 bits per heavy atom. The summed E-state index contributed by atoms with van der Waals surface area (Å²) in [4.78, 5) is 113. The summed E-state index contributed by atoms with van der Waals surface area (Å²) in [5.41, 5.74) is 27.1. The van der Waals surface area contributed by atoms with E-state index in [4.69, 9.17) is 55.5 Å². The van der Waals surface area contributed by atoms with Gasteiger partial charge in [0.25, 0.3) is 27.8 Å². The maximum Gasteiger partial charge on any atom is 0.258 e. The van der Waals surface area contributed by atoms with Gasteiger partial charge in [-0.3, -0.25) is 55.8 Å². The molecule has 1 fully saturated rings. The van der Waals surface area contributed by atoms with E-state index in [2.05, 4.69) is 110 Å². The van der Waals surface area contributed by atoms with E-state index in [9.17, 15) is 24.0 Å². The van der Waals surface area contributed by atoms with Gasteiger partial charge in [0.15, 0.2) is 28.6 Å². The summed E-state index contributed by atoms with van der Waals surface area (Å²) in [6, 6.07) is 47.5. The summed E-state index contributed by atoms with van der Waals surface area (Å²) in [5, 5.41) is 3.81. The second kappa shape index (κ2) is 42.9. The quantitative estimate of drug-likeness (QED) is 0.0886. The zero-order valence-electron chi connectivity index (χ0n) is 83.8. The second-order valence-corrected chi connectivity index (χ2v) is 38.0. The van der Waals surface area contributed by atoms with Gasteiger partial charge in [0.2, 0.25) is 0 Å². The van der Waals surface area contributed by atoms with Gasteiger partial charge in [-0.2, -0.15) is 0 Å². The lowest BCUT2D eigenvalue weighted by atomic mass is 9.99. The van der Waals surface area contributed by atoms with Crippen LogP contribution in [-0.2, 0) is 0 Å². The van der Waals surface area contributed by atoms with Crippen LogP contribution in [-0.4, -0.2) is 228 Å². The van der Waals surface area contributed by atoms with Crippen molar-refractivity contribution in [3.05, 3.63) is 346 Å². The number of methoxy groups -OCH3 is 4. The number of aromatic nitrogens is 16. The lowest BCUT2D eigenvalue weighted by molar-refractivity contribution is 0.209. The number of nitrogens with zero attached hydrogens (tertiary/aromatic N) is 21. The van der Waals surface area contributed by atoms with Gasteiger partial charge >= 0.3 is 0 Å². The van der Waals surface area contributed by atoms with Crippen LogP contribution in [0.5, 0.6) is 23.0 Å². The average molecular weight is 1960 g/mol. The molecule has 0 aliphatic carbocycles. The molecule has 0 amide bonds. The largest absolute Gasteiger partial charge is 0.493 e. The van der Waals surface area contributed by atoms with Gasteiger partial charge in [0.1, 0.15) is 39.5 Å². The fourth-order valence-electron chi connectivity index (χ4n) is 19.2. The molecule has 1 saturated heterocycles. The highest BCUT2D eigenvalue weighted by atomic mass is 35.5. The molecule has 5 aliphatic heterocycles. The van der Waals surface area contributed by atoms with Crippen molar-refractivity contribution in [3.63, 3.8) is 0 Å². The van der Waals surface area contributed by atoms with Crippen molar-refractivity contribution in [1.82, 2.24) is 100.0 Å². The molecular formula is C113H117ClN22O9. The zero-order valence-corrected chi connectivity index (χ0v) is 84.6. The number of fused-ring (bicyclic) bond motifs is 8. The van der Waals surface area contributed by atoms with Crippen LogP contribution < -0.4 is 57.0 Å². The van der Waals surface area contributed by atoms with Crippen LogP contribution in [0.4, 0.5) is 5.69 Å². The molecule has 16 aromatic heterocycles. The minimum atomic E-state index is -0.110. The molecule has 1 N–H and O–H groups in total. The molecule has 0 unspecified atom stereocenters. The lowest BCUT2D eigenvalue weighted by Gasteiger charge is -2.38. The Balaban J connectivity index is 0.000000115. The van der Waals surface area contributed by atoms with E-state index in [1.165, 1.54) is 12.0 Å². The molecule has 18 aromatic rings. The molecule has 145 heavy (non-hydrogen) atoms. The SMILES string of the molecule is CCCN1CC=C(c2cc(C)c3nc(-c4ccc(OC)c(OC)c4)cc(=O)n3c2)CC1.COc1ccc(-c2ccc3nc(C4=CCN(C)CC4)cc(=O)n3c2)cc1OC.Cc1cn2cc(-c3cc(=O)n4cc(N5CCN(C(C)C)CC5)ccc4n3)cc(Cl)c2n1.Cc1cn2cc(-c3ccc4nc(C5=CCN(C)CC5)cc(=O)n4c3)ccc2n1.Cc1cn2cc(-c3ccc4nc(C5=CCNCC5)cc(=O)n4c3)ccc2n1. The Hall–Kier alpha value is -15.6. The number of nitrogens with one attached hydrogen (secondary N) is 1. The van der Waals surface area contributed by atoms with E-state index in [0.717, 1.165) is 234 Å². The fourth-order valence-corrected chi connectivity index (χ4v) is 19.5. The molecule has 0 radical (unpaired) electrons. The monoisotopic (exact) mass is 1960 g/mol. The summed E-state index contributed by atoms with van der Waals surface area (Å²) in [6.45, 7) is 27.1. The Morgan fingerprint density at radius 3 is 1.26 bits per heavy atom. The number of pyridine rings is 8. The first kappa shape index (κ1) is 98.2. The number of aryl methyl sites for hydroxylation is 4. The highest BCUT2D eigenvalue weighted by Crippen LogP contribution is 2.37. The van der Waals surface area contributed by atoms with Gasteiger partial charge in [-0.05, 0) is 272 Å². The molecule has 2 aromatic carbocycles. The number of benzene rings is 2. The van der Waals surface area contributed by atoms with Gasteiger partial charge in [-0.1, -0.05) is 48.9 Å². The van der Waals surface area contributed by atoms with Crippen LogP contribution in [0.2, 0.25) is 5.02 Å². The van der Waals surface area contributed by atoms with Gasteiger partial charge in [0, 0.05) is 199 Å². The summed E-state index contributed by atoms with van der Waals surface area (Å²) >= 11 is 6.42. The Labute approximate surface area is 842 Å². The number of halogens is 1. The molecule has 0 saturated carbocycles. The molecule has 32 heteroatoms. The first-order chi connectivity index (χ1) is 70.2. The van der Waals surface area contributed by atoms with Crippen molar-refractivity contribution >= 4 is 84.8 Å². The van der Waals surface area contributed by atoms with Crippen molar-refractivity contribution in [2.45, 2.75) is 86.6 Å². The first-order valence-electron chi connectivity index (χ1n) is 49.0. The third-order valence-corrected chi connectivity index (χ3v) is 27.5. The molecule has 5 aliphatic rings. The number of hydrogen-bond acceptors (Lipinski definition) is 23. The average Bonchev–Trinajstić information content (AvgIpc) is 1.72. The number of rotatable bonds is 17. The number of hydrogen-bond donors (Lipinski definition) is 1. The van der Waals surface area contributed by atoms with Gasteiger partial charge < -0.3 is 52.2 Å². The predicted octanol–water partition coefficient (Wildman–Crippen LogP) is 16.5. The molecule has 31 nitrogen and oxygen atoms in total. The minimum Gasteiger partial charge on any atom is -0.493 e. The van der Waals surface area contributed by atoms with E-state index >= 15 is 0 Å². The number of likely N-dealkylation sites (N-methyl/N-ethyl adjacent to an activating group) is 2. The van der Waals surface area contributed by atoms with Crippen LogP contribution in [0.3, 0.4) is 0 Å². The van der Waals surface area contributed by atoms with E-state index in [0.29, 0.717) is 79.3 Å². The van der Waals surface area contributed by atoms with Crippen LogP contribution >= 0.6 is 11.6 Å². The van der Waals surface area contributed by atoms with Gasteiger partial charge in [-0.15, -0.1) is 0 Å². The van der Waals surface area contributed by atoms with Crippen molar-refractivity contribution < 1.29 is 18.9 Å². The van der Waals surface area contributed by atoms with Crippen LogP contribution in [0.25, 0.3) is 123 Å². The Bertz CT molecular complexity index is 8480. The third kappa shape index (κ3) is 21.7. The number of piperazine rings is 1. The standard InChI is InChI=1S/C25H29N3O3.C23H25ClN6O.C22H21N5O.C22H23N3O3.C21H19N5O/c1-5-10-27-11-8-18(9-12-27)20-13-17(2)25-26-21(15-24(29)28(25)16-20)19-6-7-22(30-3)23(14-19)31-4;1-15(2)27-6-8-28(9-7-27)18-4-5-21-26-20(11-22(31)30(21)14-18)17-10-19(24)23-25-16(3)12-29(23)13-17;1-15-12-26-13-17(3-5-20(26)23-15)18-4-6-21-24-19(11-22(28)27(21)14-18)16-7-9-25(2)10-8-16;1-24-10-8-15(9-11-24)18-13-22(26)25-14-17(5-7-21(25)23-18)16-4-6-19(27-2)20(12-16)28-3;1-14-11-25-12-16(2-4-19(25)23-14)17-3-5-20-24-18(10-21(27)26(20)13-17)15-6-8-22-9-7-15/h6-8,13-16H,5,9-12H2,1-4H3;4-5,10-15H,6-9H2,1-3H3;3-7,11-14H,8-10H2,1-2H3;4-8,12-14H,9-11H2,1-3H3;2-6,10-13,22H,7-9H2,1H3. The maximum absolute atomic E-state index is 13.0. The van der Waals surface area contributed by atoms with E-state index < -0.39 is 0 Å². The first-order valence-corrected chi connectivity index (χ1v) is 49.4. The molecule has 740 valence electrons. The third-order valence-electron chi connectivity index (χ3n) is 27.2. The molecule has 0 spiro atoms. The summed E-state index contributed by atoms with van der Waals surface area (Å²) in [7, 11) is 10.6. The van der Waals surface area contributed by atoms with Crippen molar-refractivity contribution in [2.24, 2.45) is 0 Å². The smallest absolute Gasteiger partial charge is 0.258 e. The predicted molar refractivity (Wildman–Crippen MR) is 575 cm³/mol. The van der Waals surface area contributed by atoms with Crippen LogP contribution in [0.1, 0.15) is 98.2 Å². The number of ether oxygens (including phenoxy) is 4. The molecule has 0 atom stereocenters. The molecule has 0 bridgehead atoms. The van der Waals surface area contributed by atoms with E-state index in [1.807, 2.05) is 224 Å². The fraction of sp³-hybridized carbons (Fsp3) is 0.283.